The average molecular weight is 307 g/mol. The Labute approximate surface area is 135 Å². The molecule has 0 atom stereocenters. The van der Waals surface area contributed by atoms with Gasteiger partial charge in [-0.2, -0.15) is 10.4 Å². The summed E-state index contributed by atoms with van der Waals surface area (Å²) in [6.45, 7) is 3.79. The second-order valence-corrected chi connectivity index (χ2v) is 4.98. The third-order valence-corrected chi connectivity index (χ3v) is 3.21. The van der Waals surface area contributed by atoms with Crippen molar-refractivity contribution in [2.24, 2.45) is 5.10 Å². The zero-order valence-corrected chi connectivity index (χ0v) is 13.0. The molecule has 0 aliphatic heterocycles. The van der Waals surface area contributed by atoms with Gasteiger partial charge in [-0.25, -0.2) is 5.43 Å². The summed E-state index contributed by atoms with van der Waals surface area (Å²) < 4.78 is 5.18. The molecule has 2 aromatic carbocycles. The number of hydrazone groups is 1. The highest BCUT2D eigenvalue weighted by atomic mass is 16.5. The molecular formula is C18H17N3O2. The normalized spacial score (nSPS) is 10.7. The molecule has 0 saturated heterocycles. The van der Waals surface area contributed by atoms with Crippen LogP contribution in [-0.2, 0) is 0 Å². The second-order valence-electron chi connectivity index (χ2n) is 4.98. The topological polar surface area (TPSA) is 74.5 Å². The summed E-state index contributed by atoms with van der Waals surface area (Å²) in [5.74, 6) is 0.366. The molecule has 0 aromatic heterocycles. The van der Waals surface area contributed by atoms with E-state index >= 15 is 0 Å². The van der Waals surface area contributed by atoms with E-state index in [1.165, 1.54) is 0 Å². The molecule has 2 rings (SSSR count). The van der Waals surface area contributed by atoms with Crippen molar-refractivity contribution in [1.82, 2.24) is 5.43 Å². The molecule has 0 aliphatic rings. The Kier molecular flexibility index (Phi) is 5.48. The maximum absolute atomic E-state index is 12.0. The van der Waals surface area contributed by atoms with Gasteiger partial charge in [0.05, 0.1) is 5.71 Å². The smallest absolute Gasteiger partial charge is 0.271 e. The predicted octanol–water partition coefficient (Wildman–Crippen LogP) is 3.05. The van der Waals surface area contributed by atoms with Gasteiger partial charge in [0.2, 0.25) is 0 Å². The first kappa shape index (κ1) is 16.2. The molecule has 0 radical (unpaired) electrons. The number of rotatable bonds is 5. The summed E-state index contributed by atoms with van der Waals surface area (Å²) >= 11 is 0. The Bertz CT molecular complexity index is 741. The van der Waals surface area contributed by atoms with E-state index in [-0.39, 0.29) is 12.5 Å². The highest BCUT2D eigenvalue weighted by Gasteiger charge is 2.04. The molecule has 2 aromatic rings. The lowest BCUT2D eigenvalue weighted by Crippen LogP contribution is -2.19. The summed E-state index contributed by atoms with van der Waals surface area (Å²) in [5.41, 5.74) is 5.74. The first-order valence-corrected chi connectivity index (χ1v) is 7.11. The van der Waals surface area contributed by atoms with E-state index in [2.05, 4.69) is 10.5 Å². The first-order chi connectivity index (χ1) is 11.1. The number of amides is 1. The van der Waals surface area contributed by atoms with Gasteiger partial charge < -0.3 is 4.74 Å². The lowest BCUT2D eigenvalue weighted by atomic mass is 10.1. The zero-order valence-electron chi connectivity index (χ0n) is 13.0. The standard InChI is InChI=1S/C18H17N3O2/c1-13-3-5-16(6-4-13)18(22)21-20-14(2)15-7-9-17(10-8-15)23-12-11-19/h3-10H,12H2,1-2H3,(H,21,22)/b20-14-. The number of nitrogens with zero attached hydrogens (tertiary/aromatic N) is 2. The van der Waals surface area contributed by atoms with Gasteiger partial charge in [0.25, 0.3) is 5.91 Å². The minimum atomic E-state index is -0.252. The highest BCUT2D eigenvalue weighted by molar-refractivity contribution is 6.00. The van der Waals surface area contributed by atoms with E-state index in [0.29, 0.717) is 17.0 Å². The number of nitriles is 1. The SMILES string of the molecule is C/C(=N/NC(=O)c1ccc(C)cc1)c1ccc(OCC#N)cc1. The number of hydrogen-bond acceptors (Lipinski definition) is 4. The Morgan fingerprint density at radius 1 is 1.13 bits per heavy atom. The largest absolute Gasteiger partial charge is 0.479 e. The van der Waals surface area contributed by atoms with E-state index in [1.807, 2.05) is 37.3 Å². The van der Waals surface area contributed by atoms with Crippen molar-refractivity contribution in [2.75, 3.05) is 6.61 Å². The van der Waals surface area contributed by atoms with Gasteiger partial charge in [-0.3, -0.25) is 4.79 Å². The number of carbonyl (C=O) groups excluding carboxylic acids is 1. The summed E-state index contributed by atoms with van der Waals surface area (Å²) in [6.07, 6.45) is 0. The minimum absolute atomic E-state index is 0.0129. The lowest BCUT2D eigenvalue weighted by Gasteiger charge is -2.05. The third-order valence-electron chi connectivity index (χ3n) is 3.21. The van der Waals surface area contributed by atoms with E-state index < -0.39 is 0 Å². The molecule has 5 heteroatoms. The molecule has 1 amide bonds. The predicted molar refractivity (Wildman–Crippen MR) is 88.4 cm³/mol. The van der Waals surface area contributed by atoms with Crippen LogP contribution in [-0.4, -0.2) is 18.2 Å². The van der Waals surface area contributed by atoms with Gasteiger partial charge in [-0.05, 0) is 55.8 Å². The van der Waals surface area contributed by atoms with Gasteiger partial charge in [-0.15, -0.1) is 0 Å². The molecule has 0 spiro atoms. The van der Waals surface area contributed by atoms with Gasteiger partial charge in [0.15, 0.2) is 6.61 Å². The van der Waals surface area contributed by atoms with Crippen LogP contribution in [0.15, 0.2) is 53.6 Å². The number of ether oxygens (including phenoxy) is 1. The lowest BCUT2D eigenvalue weighted by molar-refractivity contribution is 0.0955. The van der Waals surface area contributed by atoms with Crippen LogP contribution in [0.25, 0.3) is 0 Å². The molecule has 0 unspecified atom stereocenters. The first-order valence-electron chi connectivity index (χ1n) is 7.11. The monoisotopic (exact) mass is 307 g/mol. The Morgan fingerprint density at radius 2 is 1.74 bits per heavy atom. The van der Waals surface area contributed by atoms with Crippen molar-refractivity contribution in [1.29, 1.82) is 5.26 Å². The molecule has 0 bridgehead atoms. The number of hydrogen-bond donors (Lipinski definition) is 1. The van der Waals surface area contributed by atoms with E-state index in [4.69, 9.17) is 10.00 Å². The molecule has 0 fully saturated rings. The quantitative estimate of drug-likeness (QED) is 0.681. The molecule has 0 heterocycles. The Hall–Kier alpha value is -3.13. The molecule has 5 nitrogen and oxygen atoms in total. The van der Waals surface area contributed by atoms with Gasteiger partial charge in [0, 0.05) is 5.56 Å². The highest BCUT2D eigenvalue weighted by Crippen LogP contribution is 2.12. The zero-order chi connectivity index (χ0) is 16.7. The molecule has 0 saturated carbocycles. The van der Waals surface area contributed by atoms with Crippen LogP contribution < -0.4 is 10.2 Å². The van der Waals surface area contributed by atoms with Crippen LogP contribution in [0.4, 0.5) is 0 Å². The molecule has 23 heavy (non-hydrogen) atoms. The Balaban J connectivity index is 2.00. The molecular weight excluding hydrogens is 290 g/mol. The van der Waals surface area contributed by atoms with Crippen molar-refractivity contribution >= 4 is 11.6 Å². The fourth-order valence-corrected chi connectivity index (χ4v) is 1.88. The van der Waals surface area contributed by atoms with Crippen LogP contribution >= 0.6 is 0 Å². The summed E-state index contributed by atoms with van der Waals surface area (Å²) in [4.78, 5) is 12.0. The van der Waals surface area contributed by atoms with Crippen molar-refractivity contribution < 1.29 is 9.53 Å². The van der Waals surface area contributed by atoms with Crippen molar-refractivity contribution in [2.45, 2.75) is 13.8 Å². The van der Waals surface area contributed by atoms with Crippen LogP contribution in [0.3, 0.4) is 0 Å². The van der Waals surface area contributed by atoms with Crippen molar-refractivity contribution in [3.63, 3.8) is 0 Å². The number of benzene rings is 2. The number of carbonyl (C=O) groups is 1. The van der Waals surface area contributed by atoms with Crippen LogP contribution in [0.1, 0.15) is 28.4 Å². The second kappa shape index (κ2) is 7.76. The van der Waals surface area contributed by atoms with Crippen LogP contribution in [0.2, 0.25) is 0 Å². The molecule has 116 valence electrons. The van der Waals surface area contributed by atoms with E-state index in [0.717, 1.165) is 11.1 Å². The van der Waals surface area contributed by atoms with E-state index in [1.54, 1.807) is 31.2 Å². The number of aryl methyl sites for hydroxylation is 1. The van der Waals surface area contributed by atoms with Crippen LogP contribution in [0, 0.1) is 18.3 Å². The summed E-state index contributed by atoms with van der Waals surface area (Å²) in [6, 6.07) is 16.4. The van der Waals surface area contributed by atoms with Gasteiger partial charge >= 0.3 is 0 Å². The Morgan fingerprint density at radius 3 is 2.35 bits per heavy atom. The number of nitrogens with one attached hydrogen (secondary N) is 1. The molecule has 0 aliphatic carbocycles. The summed E-state index contributed by atoms with van der Waals surface area (Å²) in [5, 5.41) is 12.6. The van der Waals surface area contributed by atoms with Gasteiger partial charge in [0.1, 0.15) is 11.8 Å². The summed E-state index contributed by atoms with van der Waals surface area (Å²) in [7, 11) is 0. The third kappa shape index (κ3) is 4.68. The fraction of sp³-hybridized carbons (Fsp3) is 0.167. The maximum Gasteiger partial charge on any atom is 0.271 e. The molecule has 1 N–H and O–H groups in total. The van der Waals surface area contributed by atoms with Crippen molar-refractivity contribution in [3.05, 3.63) is 65.2 Å². The van der Waals surface area contributed by atoms with Gasteiger partial charge in [-0.1, -0.05) is 17.7 Å². The van der Waals surface area contributed by atoms with E-state index in [9.17, 15) is 4.79 Å². The average Bonchev–Trinajstić information content (AvgIpc) is 2.58. The minimum Gasteiger partial charge on any atom is -0.479 e. The fourth-order valence-electron chi connectivity index (χ4n) is 1.88. The van der Waals surface area contributed by atoms with Crippen molar-refractivity contribution in [3.8, 4) is 11.8 Å². The van der Waals surface area contributed by atoms with Crippen LogP contribution in [0.5, 0.6) is 5.75 Å². The maximum atomic E-state index is 12.0.